The lowest BCUT2D eigenvalue weighted by Crippen LogP contribution is -3.12. The quantitative estimate of drug-likeness (QED) is 0.663. The van der Waals surface area contributed by atoms with Crippen LogP contribution in [0.1, 0.15) is 17.2 Å². The number of fused-ring (bicyclic) bond motifs is 1. The minimum Gasteiger partial charge on any atom is -0.351 e. The number of hydrogen-bond donors (Lipinski definition) is 2. The van der Waals surface area contributed by atoms with Crippen LogP contribution in [0.3, 0.4) is 0 Å². The van der Waals surface area contributed by atoms with Crippen LogP contribution in [0.4, 0.5) is 5.82 Å². The number of nitrogens with one attached hydrogen (secondary N) is 2. The zero-order valence-corrected chi connectivity index (χ0v) is 17.0. The highest BCUT2D eigenvalue weighted by molar-refractivity contribution is 5.88. The lowest BCUT2D eigenvalue weighted by atomic mass is 10.0. The summed E-state index contributed by atoms with van der Waals surface area (Å²) in [5.41, 5.74) is 2.87. The zero-order valence-electron chi connectivity index (χ0n) is 17.0. The predicted molar refractivity (Wildman–Crippen MR) is 115 cm³/mol. The van der Waals surface area contributed by atoms with Crippen LogP contribution >= 0.6 is 0 Å². The van der Waals surface area contributed by atoms with Crippen molar-refractivity contribution in [2.45, 2.75) is 12.5 Å². The van der Waals surface area contributed by atoms with Crippen molar-refractivity contribution >= 4 is 22.8 Å². The number of benzene rings is 2. The topological polar surface area (TPSA) is 86.3 Å². The second-order valence-corrected chi connectivity index (χ2v) is 7.63. The first kappa shape index (κ1) is 19.8. The molecule has 3 aromatic rings. The Morgan fingerprint density at radius 1 is 1.10 bits per heavy atom. The first-order valence-corrected chi connectivity index (χ1v) is 10.2. The van der Waals surface area contributed by atoms with Crippen molar-refractivity contribution in [3.05, 3.63) is 65.9 Å². The van der Waals surface area contributed by atoms with Gasteiger partial charge in [-0.3, -0.25) is 4.79 Å². The highest BCUT2D eigenvalue weighted by Crippen LogP contribution is 2.27. The van der Waals surface area contributed by atoms with Crippen LogP contribution in [-0.2, 0) is 11.3 Å². The van der Waals surface area contributed by atoms with Crippen LogP contribution in [0.2, 0.25) is 0 Å². The number of nitrogens with zero attached hydrogens (tertiary/aromatic N) is 4. The minimum atomic E-state index is -1.02. The first-order valence-electron chi connectivity index (χ1n) is 10.2. The van der Waals surface area contributed by atoms with Gasteiger partial charge < -0.3 is 15.1 Å². The van der Waals surface area contributed by atoms with Crippen LogP contribution < -0.4 is 15.1 Å². The molecule has 1 aromatic heterocycles. The van der Waals surface area contributed by atoms with E-state index in [2.05, 4.69) is 23.3 Å². The summed E-state index contributed by atoms with van der Waals surface area (Å²) in [6, 6.07) is 19.4. The Morgan fingerprint density at radius 2 is 1.73 bits per heavy atom. The molecule has 152 valence electrons. The molecule has 1 aliphatic rings. The average Bonchev–Trinajstić information content (AvgIpc) is 2.79. The molecule has 0 spiro atoms. The molecule has 1 aliphatic heterocycles. The van der Waals surface area contributed by atoms with Gasteiger partial charge in [0.2, 0.25) is 5.91 Å². The number of aromatic nitrogens is 2. The van der Waals surface area contributed by atoms with Crippen LogP contribution in [-0.4, -0.2) is 49.1 Å². The fourth-order valence-electron chi connectivity index (χ4n) is 3.66. The molecule has 0 unspecified atom stereocenters. The molecule has 2 heterocycles. The molecule has 2 aromatic carbocycles. The molecule has 1 amide bonds. The molecule has 1 atom stereocenters. The average molecular weight is 401 g/mol. The third kappa shape index (κ3) is 4.24. The number of quaternary nitrogens is 1. The molecular weight excluding hydrogens is 376 g/mol. The smallest absolute Gasteiger partial charge is 0.243 e. The van der Waals surface area contributed by atoms with E-state index in [1.807, 2.05) is 54.6 Å². The van der Waals surface area contributed by atoms with E-state index in [-0.39, 0.29) is 5.91 Å². The second kappa shape index (κ2) is 8.89. The number of likely N-dealkylation sites (N-methyl/N-ethyl adjacent to an activating group) is 1. The van der Waals surface area contributed by atoms with E-state index in [4.69, 9.17) is 9.97 Å². The molecule has 0 aliphatic carbocycles. The van der Waals surface area contributed by atoms with Gasteiger partial charge in [-0.05, 0) is 17.7 Å². The van der Waals surface area contributed by atoms with E-state index in [1.165, 1.54) is 4.90 Å². The van der Waals surface area contributed by atoms with Gasteiger partial charge in [0.1, 0.15) is 5.69 Å². The number of carbonyl (C=O) groups is 1. The molecule has 7 nitrogen and oxygen atoms in total. The summed E-state index contributed by atoms with van der Waals surface area (Å²) in [4.78, 5) is 26.1. The summed E-state index contributed by atoms with van der Waals surface area (Å²) in [5, 5.41) is 12.8. The maximum Gasteiger partial charge on any atom is 0.243 e. The Bertz CT molecular complexity index is 1070. The largest absolute Gasteiger partial charge is 0.351 e. The normalized spacial score (nSPS) is 15.5. The predicted octanol–water partition coefficient (Wildman–Crippen LogP) is 0.888. The van der Waals surface area contributed by atoms with Crippen molar-refractivity contribution in [3.8, 4) is 6.07 Å². The maximum atomic E-state index is 12.9. The lowest BCUT2D eigenvalue weighted by Gasteiger charge is -2.32. The number of rotatable bonds is 5. The van der Waals surface area contributed by atoms with Crippen molar-refractivity contribution in [3.63, 3.8) is 0 Å². The molecular formula is C23H25N6O+. The number of piperazine rings is 1. The van der Waals surface area contributed by atoms with Gasteiger partial charge in [-0.2, -0.15) is 5.26 Å². The van der Waals surface area contributed by atoms with Crippen LogP contribution in [0.15, 0.2) is 54.6 Å². The van der Waals surface area contributed by atoms with Gasteiger partial charge in [-0.25, -0.2) is 9.97 Å². The van der Waals surface area contributed by atoms with Gasteiger partial charge in [-0.15, -0.1) is 0 Å². The molecule has 2 N–H and O–H groups in total. The van der Waals surface area contributed by atoms with Crippen molar-refractivity contribution in [2.75, 3.05) is 38.1 Å². The number of para-hydroxylation sites is 2. The van der Waals surface area contributed by atoms with Gasteiger partial charge in [0, 0.05) is 6.54 Å². The van der Waals surface area contributed by atoms with Gasteiger partial charge in [0.15, 0.2) is 11.7 Å². The third-order valence-electron chi connectivity index (χ3n) is 5.47. The molecule has 1 saturated heterocycles. The molecule has 0 bridgehead atoms. The Morgan fingerprint density at radius 3 is 2.40 bits per heavy atom. The van der Waals surface area contributed by atoms with Gasteiger partial charge >= 0.3 is 0 Å². The van der Waals surface area contributed by atoms with Crippen molar-refractivity contribution < 1.29 is 9.69 Å². The Balaban J connectivity index is 1.66. The third-order valence-corrected chi connectivity index (χ3v) is 5.47. The summed E-state index contributed by atoms with van der Waals surface area (Å²) in [5.74, 6) is -0.734. The summed E-state index contributed by atoms with van der Waals surface area (Å²) in [6.45, 7) is 3.95. The van der Waals surface area contributed by atoms with Crippen LogP contribution in [0, 0.1) is 11.3 Å². The monoisotopic (exact) mass is 401 g/mol. The summed E-state index contributed by atoms with van der Waals surface area (Å²) >= 11 is 0. The fourth-order valence-corrected chi connectivity index (χ4v) is 3.66. The van der Waals surface area contributed by atoms with Crippen LogP contribution in [0.25, 0.3) is 11.0 Å². The van der Waals surface area contributed by atoms with Crippen molar-refractivity contribution in [1.82, 2.24) is 15.3 Å². The van der Waals surface area contributed by atoms with Crippen molar-refractivity contribution in [2.24, 2.45) is 0 Å². The zero-order chi connectivity index (χ0) is 20.9. The van der Waals surface area contributed by atoms with Gasteiger partial charge in [-0.1, -0.05) is 42.5 Å². The molecule has 0 saturated carbocycles. The lowest BCUT2D eigenvalue weighted by molar-refractivity contribution is -0.880. The van der Waals surface area contributed by atoms with E-state index in [1.54, 1.807) is 0 Å². The Labute approximate surface area is 176 Å². The van der Waals surface area contributed by atoms with E-state index < -0.39 is 5.92 Å². The fraction of sp³-hybridized carbons (Fsp3) is 0.304. The molecule has 0 radical (unpaired) electrons. The van der Waals surface area contributed by atoms with E-state index in [9.17, 15) is 10.1 Å². The second-order valence-electron chi connectivity index (χ2n) is 7.63. The molecule has 30 heavy (non-hydrogen) atoms. The first-order chi connectivity index (χ1) is 14.7. The van der Waals surface area contributed by atoms with E-state index in [0.29, 0.717) is 23.6 Å². The summed E-state index contributed by atoms with van der Waals surface area (Å²) in [7, 11) is 2.17. The van der Waals surface area contributed by atoms with E-state index in [0.717, 1.165) is 37.3 Å². The highest BCUT2D eigenvalue weighted by atomic mass is 16.1. The van der Waals surface area contributed by atoms with Gasteiger partial charge in [0.05, 0.1) is 50.3 Å². The standard InChI is InChI=1S/C23H24N6O/c1-28-11-13-29(14-12-28)22-21(26-19-9-5-6-10-20(19)27-22)18(15-24)23(30)25-16-17-7-3-2-4-8-17/h2-10,18H,11-14,16H2,1H3,(H,25,30)/p+1/t18-/m1/s1. The minimum absolute atomic E-state index is 0.355. The number of amides is 1. The molecule has 1 fully saturated rings. The maximum absolute atomic E-state index is 12.9. The Hall–Kier alpha value is -3.50. The van der Waals surface area contributed by atoms with E-state index >= 15 is 0 Å². The number of carbonyl (C=O) groups excluding carboxylic acids is 1. The summed E-state index contributed by atoms with van der Waals surface area (Å²) < 4.78 is 0. The highest BCUT2D eigenvalue weighted by Gasteiger charge is 2.30. The number of nitriles is 1. The number of anilines is 1. The Kier molecular flexibility index (Phi) is 5.87. The number of hydrogen-bond acceptors (Lipinski definition) is 5. The molecule has 4 rings (SSSR count). The summed E-state index contributed by atoms with van der Waals surface area (Å²) in [6.07, 6.45) is 0. The van der Waals surface area contributed by atoms with Crippen LogP contribution in [0.5, 0.6) is 0 Å². The van der Waals surface area contributed by atoms with Gasteiger partial charge in [0.25, 0.3) is 0 Å². The van der Waals surface area contributed by atoms with Crippen molar-refractivity contribution in [1.29, 1.82) is 5.26 Å². The SMILES string of the molecule is C[NH+]1CCN(c2nc3ccccc3nc2[C@@H](C#N)C(=O)NCc2ccccc2)CC1. The molecule has 7 heteroatoms.